The van der Waals surface area contributed by atoms with Crippen molar-refractivity contribution in [3.63, 3.8) is 0 Å². The summed E-state index contributed by atoms with van der Waals surface area (Å²) >= 11 is 0. The third-order valence-corrected chi connectivity index (χ3v) is 6.94. The van der Waals surface area contributed by atoms with E-state index in [4.69, 9.17) is 0 Å². The number of carbonyl (C=O) groups is 1. The molecule has 2 saturated carbocycles. The molecule has 0 bridgehead atoms. The highest BCUT2D eigenvalue weighted by Gasteiger charge is 2.45. The lowest BCUT2D eigenvalue weighted by Crippen LogP contribution is -2.14. The average Bonchev–Trinajstić information content (AvgIpc) is 3.56. The number of rotatable bonds is 6. The summed E-state index contributed by atoms with van der Waals surface area (Å²) in [6, 6.07) is 18.9. The van der Waals surface area contributed by atoms with Crippen LogP contribution in [0.5, 0.6) is 0 Å². The van der Waals surface area contributed by atoms with Crippen LogP contribution in [0.2, 0.25) is 0 Å². The highest BCUT2D eigenvalue weighted by Crippen LogP contribution is 2.56. The molecule has 132 valence electrons. The molecule has 0 aliphatic heterocycles. The number of benzene rings is 2. The van der Waals surface area contributed by atoms with Crippen molar-refractivity contribution in [2.45, 2.75) is 43.4 Å². The van der Waals surface area contributed by atoms with Gasteiger partial charge in [0.15, 0.2) is 0 Å². The Bertz CT molecular complexity index is 692. The molecular formula is C22H26FOP. The Hall–Kier alpha value is -1.53. The highest BCUT2D eigenvalue weighted by molar-refractivity contribution is 7.56. The molecule has 25 heavy (non-hydrogen) atoms. The average molecular weight is 356 g/mol. The zero-order valence-electron chi connectivity index (χ0n) is 14.8. The molecule has 0 saturated heterocycles. The Morgan fingerprint density at radius 3 is 2.24 bits per heavy atom. The van der Waals surface area contributed by atoms with Gasteiger partial charge in [-0.2, -0.15) is 0 Å². The molecule has 4 rings (SSSR count). The van der Waals surface area contributed by atoms with Gasteiger partial charge >= 0.3 is 0 Å². The van der Waals surface area contributed by atoms with Gasteiger partial charge in [0.25, 0.3) is 0 Å². The second-order valence-electron chi connectivity index (χ2n) is 7.32. The summed E-state index contributed by atoms with van der Waals surface area (Å²) in [4.78, 5) is 11.3. The van der Waals surface area contributed by atoms with Crippen LogP contribution in [0.4, 0.5) is 4.39 Å². The predicted octanol–water partition coefficient (Wildman–Crippen LogP) is 5.96. The fourth-order valence-corrected chi connectivity index (χ4v) is 5.74. The van der Waals surface area contributed by atoms with E-state index in [1.165, 1.54) is 36.3 Å². The summed E-state index contributed by atoms with van der Waals surface area (Å²) in [6.45, 7) is 2.39. The van der Waals surface area contributed by atoms with E-state index in [2.05, 4.69) is 49.1 Å². The number of halogens is 1. The molecule has 1 unspecified atom stereocenters. The van der Waals surface area contributed by atoms with Crippen LogP contribution < -0.4 is 0 Å². The van der Waals surface area contributed by atoms with Gasteiger partial charge in [0, 0.05) is 5.56 Å². The first kappa shape index (κ1) is 18.3. The molecule has 0 heterocycles. The largest absolute Gasteiger partial charge is 0.298 e. The summed E-state index contributed by atoms with van der Waals surface area (Å²) < 4.78 is 11.1. The lowest BCUT2D eigenvalue weighted by Gasteiger charge is -2.22. The first-order chi connectivity index (χ1) is 12.1. The van der Waals surface area contributed by atoms with Crippen LogP contribution in [0, 0.1) is 0 Å². The van der Waals surface area contributed by atoms with Crippen molar-refractivity contribution in [3.8, 4) is 0 Å². The minimum absolute atomic E-state index is 0.0393. The molecule has 0 spiro atoms. The summed E-state index contributed by atoms with van der Waals surface area (Å²) in [6.07, 6.45) is 7.13. The lowest BCUT2D eigenvalue weighted by atomic mass is 9.93. The molecule has 1 nitrogen and oxygen atoms in total. The normalized spacial score (nSPS) is 18.6. The molecule has 2 aromatic carbocycles. The zero-order chi connectivity index (χ0) is 17.7. The highest BCUT2D eigenvalue weighted by atomic mass is 31.1. The summed E-state index contributed by atoms with van der Waals surface area (Å²) in [5.74, 6) is 0. The topological polar surface area (TPSA) is 17.1 Å². The maximum atomic E-state index is 11.3. The van der Waals surface area contributed by atoms with E-state index in [0.717, 1.165) is 24.7 Å². The molecule has 2 aromatic rings. The van der Waals surface area contributed by atoms with Gasteiger partial charge in [0.1, 0.15) is 12.5 Å². The summed E-state index contributed by atoms with van der Waals surface area (Å²) in [5.41, 5.74) is 3.89. The molecule has 2 aliphatic carbocycles. The van der Waals surface area contributed by atoms with Crippen molar-refractivity contribution in [3.05, 3.63) is 71.3 Å². The minimum atomic E-state index is -0.417. The lowest BCUT2D eigenvalue weighted by molar-refractivity contribution is 0.112. The van der Waals surface area contributed by atoms with E-state index in [1.807, 2.05) is 12.1 Å². The maximum absolute atomic E-state index is 11.3. The second-order valence-corrected chi connectivity index (χ2v) is 9.66. The van der Waals surface area contributed by atoms with Crippen molar-refractivity contribution >= 4 is 14.2 Å². The zero-order valence-corrected chi connectivity index (χ0v) is 15.7. The van der Waals surface area contributed by atoms with Crippen molar-refractivity contribution in [1.29, 1.82) is 0 Å². The van der Waals surface area contributed by atoms with Crippen LogP contribution in [0.25, 0.3) is 0 Å². The van der Waals surface area contributed by atoms with Crippen LogP contribution in [-0.2, 0) is 11.6 Å². The van der Waals surface area contributed by atoms with Gasteiger partial charge in [0.2, 0.25) is 0 Å². The first-order valence-electron chi connectivity index (χ1n) is 9.04. The molecule has 0 radical (unpaired) electrons. The maximum Gasteiger partial charge on any atom is 0.150 e. The van der Waals surface area contributed by atoms with E-state index in [1.54, 1.807) is 0 Å². The fourth-order valence-electron chi connectivity index (χ4n) is 3.28. The Morgan fingerprint density at radius 1 is 1.08 bits per heavy atom. The Kier molecular flexibility index (Phi) is 6.02. The van der Waals surface area contributed by atoms with Crippen LogP contribution >= 0.6 is 7.92 Å². The standard InChI is InChI=1S/C19H21OP.C3H5F/c1-21(14-16-7-3-2-4-8-16)15-19(11-12-19)18-10-6-5-9-17(18)13-20;4-3-1-2-3/h2-10,13H,11-12,14-15H2,1H3;3H,1-2H2. The number of aldehydes is 1. The van der Waals surface area contributed by atoms with Gasteiger partial charge in [0.05, 0.1) is 0 Å². The molecule has 0 aromatic heterocycles. The van der Waals surface area contributed by atoms with Gasteiger partial charge in [-0.25, -0.2) is 4.39 Å². The van der Waals surface area contributed by atoms with Crippen LogP contribution in [0.3, 0.4) is 0 Å². The fraction of sp³-hybridized carbons (Fsp3) is 0.409. The van der Waals surface area contributed by atoms with Gasteiger partial charge < -0.3 is 0 Å². The molecule has 0 N–H and O–H groups in total. The molecule has 3 heteroatoms. The minimum Gasteiger partial charge on any atom is -0.298 e. The van der Waals surface area contributed by atoms with Crippen LogP contribution in [0.1, 0.15) is 47.2 Å². The number of alkyl halides is 1. The third kappa shape index (κ3) is 5.22. The molecular weight excluding hydrogens is 330 g/mol. The van der Waals surface area contributed by atoms with Gasteiger partial charge in [-0.05, 0) is 61.2 Å². The van der Waals surface area contributed by atoms with Crippen molar-refractivity contribution in [1.82, 2.24) is 0 Å². The number of carbonyl (C=O) groups excluding carboxylic acids is 1. The van der Waals surface area contributed by atoms with Crippen LogP contribution in [0.15, 0.2) is 54.6 Å². The van der Waals surface area contributed by atoms with Crippen molar-refractivity contribution in [2.75, 3.05) is 12.8 Å². The smallest absolute Gasteiger partial charge is 0.150 e. The third-order valence-electron chi connectivity index (χ3n) is 4.89. The first-order valence-corrected chi connectivity index (χ1v) is 11.2. The van der Waals surface area contributed by atoms with Crippen molar-refractivity contribution < 1.29 is 9.18 Å². The summed E-state index contributed by atoms with van der Waals surface area (Å²) in [7, 11) is -0.0393. The van der Waals surface area contributed by atoms with E-state index in [9.17, 15) is 9.18 Å². The van der Waals surface area contributed by atoms with Crippen molar-refractivity contribution in [2.24, 2.45) is 0 Å². The molecule has 2 fully saturated rings. The molecule has 1 atom stereocenters. The van der Waals surface area contributed by atoms with E-state index < -0.39 is 6.17 Å². The summed E-state index contributed by atoms with van der Waals surface area (Å²) in [5, 5.41) is 0. The molecule has 2 aliphatic rings. The van der Waals surface area contributed by atoms with Gasteiger partial charge in [-0.3, -0.25) is 4.79 Å². The van der Waals surface area contributed by atoms with Gasteiger partial charge in [-0.1, -0.05) is 54.6 Å². The SMILES string of the molecule is CP(Cc1ccccc1)CC1(c2ccccc2C=O)CC1.FC1CC1. The Morgan fingerprint density at radius 2 is 1.68 bits per heavy atom. The van der Waals surface area contributed by atoms with E-state index in [0.29, 0.717) is 0 Å². The van der Waals surface area contributed by atoms with E-state index in [-0.39, 0.29) is 13.3 Å². The monoisotopic (exact) mass is 356 g/mol. The van der Waals surface area contributed by atoms with E-state index >= 15 is 0 Å². The Balaban J connectivity index is 0.000000401. The Labute approximate surface area is 151 Å². The second kappa shape index (κ2) is 8.23. The van der Waals surface area contributed by atoms with Crippen LogP contribution in [-0.4, -0.2) is 25.3 Å². The van der Waals surface area contributed by atoms with Gasteiger partial charge in [-0.15, -0.1) is 7.92 Å². The quantitative estimate of drug-likeness (QED) is 0.461. The number of hydrogen-bond acceptors (Lipinski definition) is 1. The predicted molar refractivity (Wildman–Crippen MR) is 105 cm³/mol. The number of hydrogen-bond donors (Lipinski definition) is 0. The molecule has 0 amide bonds.